The lowest BCUT2D eigenvalue weighted by molar-refractivity contribution is 0.0953. The van der Waals surface area contributed by atoms with Crippen molar-refractivity contribution in [3.63, 3.8) is 0 Å². The first-order chi connectivity index (χ1) is 10.1. The van der Waals surface area contributed by atoms with E-state index in [1.165, 1.54) is 0 Å². The molecule has 5 heteroatoms. The number of anilines is 1. The molecule has 2 aromatic rings. The lowest BCUT2D eigenvalue weighted by Gasteiger charge is -2.12. The van der Waals surface area contributed by atoms with Crippen LogP contribution in [0.4, 0.5) is 5.69 Å². The summed E-state index contributed by atoms with van der Waals surface area (Å²) in [7, 11) is 0. The second kappa shape index (κ2) is 6.76. The molecule has 0 bridgehead atoms. The highest BCUT2D eigenvalue weighted by molar-refractivity contribution is 5.97. The van der Waals surface area contributed by atoms with Crippen LogP contribution in [-0.2, 0) is 6.61 Å². The van der Waals surface area contributed by atoms with E-state index in [1.54, 1.807) is 42.5 Å². The number of aliphatic hydroxyl groups is 1. The summed E-state index contributed by atoms with van der Waals surface area (Å²) in [4.78, 5) is 12.0. The summed E-state index contributed by atoms with van der Waals surface area (Å²) >= 11 is 0. The van der Waals surface area contributed by atoms with E-state index in [0.29, 0.717) is 29.3 Å². The molecule has 1 amide bonds. The van der Waals surface area contributed by atoms with Crippen LogP contribution in [0.5, 0.6) is 11.5 Å². The van der Waals surface area contributed by atoms with Gasteiger partial charge in [-0.15, -0.1) is 0 Å². The molecular weight excluding hydrogens is 268 g/mol. The molecule has 0 atom stereocenters. The zero-order chi connectivity index (χ0) is 15.2. The minimum atomic E-state index is -0.217. The van der Waals surface area contributed by atoms with Crippen LogP contribution < -0.4 is 15.8 Å². The van der Waals surface area contributed by atoms with E-state index in [0.717, 1.165) is 5.56 Å². The number of amides is 1. The SMILES string of the molecule is CCNC(=O)c1ccc(N)cc1Oc1cccc(CO)c1. The van der Waals surface area contributed by atoms with Crippen LogP contribution in [0.2, 0.25) is 0 Å². The van der Waals surface area contributed by atoms with Gasteiger partial charge in [-0.3, -0.25) is 4.79 Å². The van der Waals surface area contributed by atoms with Crippen LogP contribution in [0.25, 0.3) is 0 Å². The zero-order valence-corrected chi connectivity index (χ0v) is 11.8. The first kappa shape index (κ1) is 14.9. The molecule has 0 aromatic heterocycles. The smallest absolute Gasteiger partial charge is 0.255 e. The summed E-state index contributed by atoms with van der Waals surface area (Å²) in [6.45, 7) is 2.31. The summed E-state index contributed by atoms with van der Waals surface area (Å²) in [5.74, 6) is 0.708. The fraction of sp³-hybridized carbons (Fsp3) is 0.188. The zero-order valence-electron chi connectivity index (χ0n) is 11.8. The van der Waals surface area contributed by atoms with Gasteiger partial charge in [-0.2, -0.15) is 0 Å². The van der Waals surface area contributed by atoms with E-state index >= 15 is 0 Å². The molecule has 0 heterocycles. The maximum absolute atomic E-state index is 12.0. The maximum atomic E-state index is 12.0. The molecule has 0 unspecified atom stereocenters. The minimum Gasteiger partial charge on any atom is -0.456 e. The Morgan fingerprint density at radius 2 is 2.10 bits per heavy atom. The van der Waals surface area contributed by atoms with Gasteiger partial charge in [0.1, 0.15) is 11.5 Å². The number of ether oxygens (including phenoxy) is 1. The average Bonchev–Trinajstić information content (AvgIpc) is 2.48. The first-order valence-electron chi connectivity index (χ1n) is 6.69. The Morgan fingerprint density at radius 1 is 1.29 bits per heavy atom. The Bertz CT molecular complexity index is 641. The standard InChI is InChI=1S/C16H18N2O3/c1-2-18-16(20)14-7-6-12(17)9-15(14)21-13-5-3-4-11(8-13)10-19/h3-9,19H,2,10,17H2,1H3,(H,18,20). The maximum Gasteiger partial charge on any atom is 0.255 e. The molecular formula is C16H18N2O3. The van der Waals surface area contributed by atoms with E-state index in [-0.39, 0.29) is 12.5 Å². The van der Waals surface area contributed by atoms with Gasteiger partial charge >= 0.3 is 0 Å². The Morgan fingerprint density at radius 3 is 2.81 bits per heavy atom. The van der Waals surface area contributed by atoms with Crippen molar-refractivity contribution in [1.82, 2.24) is 5.32 Å². The van der Waals surface area contributed by atoms with Crippen molar-refractivity contribution < 1.29 is 14.6 Å². The number of aliphatic hydroxyl groups excluding tert-OH is 1. The van der Waals surface area contributed by atoms with Crippen LogP contribution in [0, 0.1) is 0 Å². The molecule has 21 heavy (non-hydrogen) atoms. The van der Waals surface area contributed by atoms with E-state index in [9.17, 15) is 4.79 Å². The summed E-state index contributed by atoms with van der Waals surface area (Å²) in [6, 6.07) is 11.9. The van der Waals surface area contributed by atoms with Gasteiger partial charge in [0.2, 0.25) is 0 Å². The number of hydrogen-bond donors (Lipinski definition) is 3. The third-order valence-electron chi connectivity index (χ3n) is 2.90. The summed E-state index contributed by atoms with van der Waals surface area (Å²) < 4.78 is 5.75. The van der Waals surface area contributed by atoms with Crippen LogP contribution in [0.1, 0.15) is 22.8 Å². The number of carbonyl (C=O) groups is 1. The van der Waals surface area contributed by atoms with Crippen LogP contribution in [0.15, 0.2) is 42.5 Å². The molecule has 5 nitrogen and oxygen atoms in total. The Hall–Kier alpha value is -2.53. The molecule has 0 radical (unpaired) electrons. The molecule has 0 aliphatic heterocycles. The van der Waals surface area contributed by atoms with Gasteiger partial charge in [0.25, 0.3) is 5.91 Å². The lowest BCUT2D eigenvalue weighted by Crippen LogP contribution is -2.23. The average molecular weight is 286 g/mol. The third-order valence-corrected chi connectivity index (χ3v) is 2.90. The quantitative estimate of drug-likeness (QED) is 0.736. The summed E-state index contributed by atoms with van der Waals surface area (Å²) in [5.41, 5.74) is 7.42. The predicted molar refractivity (Wildman–Crippen MR) is 81.3 cm³/mol. The number of hydrogen-bond acceptors (Lipinski definition) is 4. The molecule has 4 N–H and O–H groups in total. The van der Waals surface area contributed by atoms with Crippen LogP contribution >= 0.6 is 0 Å². The largest absolute Gasteiger partial charge is 0.456 e. The van der Waals surface area contributed by atoms with Crippen molar-refractivity contribution in [1.29, 1.82) is 0 Å². The number of carbonyl (C=O) groups excluding carboxylic acids is 1. The van der Waals surface area contributed by atoms with Crippen LogP contribution in [-0.4, -0.2) is 17.6 Å². The number of rotatable bonds is 5. The minimum absolute atomic E-state index is 0.0721. The lowest BCUT2D eigenvalue weighted by atomic mass is 10.1. The Labute approximate surface area is 123 Å². The number of nitrogens with one attached hydrogen (secondary N) is 1. The van der Waals surface area contributed by atoms with Crippen molar-refractivity contribution >= 4 is 11.6 Å². The van der Waals surface area contributed by atoms with Crippen molar-refractivity contribution in [2.45, 2.75) is 13.5 Å². The van der Waals surface area contributed by atoms with Gasteiger partial charge in [0, 0.05) is 18.3 Å². The highest BCUT2D eigenvalue weighted by Crippen LogP contribution is 2.28. The molecule has 0 saturated heterocycles. The summed E-state index contributed by atoms with van der Waals surface area (Å²) in [5, 5.41) is 11.9. The number of benzene rings is 2. The van der Waals surface area contributed by atoms with Crippen molar-refractivity contribution in [2.75, 3.05) is 12.3 Å². The Kier molecular flexibility index (Phi) is 4.79. The van der Waals surface area contributed by atoms with Crippen molar-refractivity contribution in [3.8, 4) is 11.5 Å². The van der Waals surface area contributed by atoms with Gasteiger partial charge in [-0.1, -0.05) is 12.1 Å². The molecule has 0 fully saturated rings. The second-order valence-electron chi connectivity index (χ2n) is 4.52. The van der Waals surface area contributed by atoms with Crippen molar-refractivity contribution in [3.05, 3.63) is 53.6 Å². The van der Waals surface area contributed by atoms with Gasteiger partial charge in [-0.05, 0) is 36.8 Å². The Balaban J connectivity index is 2.33. The van der Waals surface area contributed by atoms with Gasteiger partial charge < -0.3 is 20.9 Å². The third kappa shape index (κ3) is 3.73. The normalized spacial score (nSPS) is 10.2. The summed E-state index contributed by atoms with van der Waals surface area (Å²) in [6.07, 6.45) is 0. The van der Waals surface area contributed by atoms with E-state index < -0.39 is 0 Å². The molecule has 0 aliphatic carbocycles. The first-order valence-corrected chi connectivity index (χ1v) is 6.69. The number of nitrogens with two attached hydrogens (primary N) is 1. The van der Waals surface area contributed by atoms with E-state index in [2.05, 4.69) is 5.32 Å². The van der Waals surface area contributed by atoms with E-state index in [4.69, 9.17) is 15.6 Å². The molecule has 2 aromatic carbocycles. The molecule has 0 aliphatic rings. The van der Waals surface area contributed by atoms with E-state index in [1.807, 2.05) is 6.92 Å². The van der Waals surface area contributed by atoms with Gasteiger partial charge in [-0.25, -0.2) is 0 Å². The predicted octanol–water partition coefficient (Wildman–Crippen LogP) is 2.30. The van der Waals surface area contributed by atoms with Gasteiger partial charge in [0.15, 0.2) is 0 Å². The van der Waals surface area contributed by atoms with Crippen LogP contribution in [0.3, 0.4) is 0 Å². The molecule has 110 valence electrons. The topological polar surface area (TPSA) is 84.6 Å². The molecule has 0 saturated carbocycles. The molecule has 2 rings (SSSR count). The fourth-order valence-corrected chi connectivity index (χ4v) is 1.90. The highest BCUT2D eigenvalue weighted by Gasteiger charge is 2.13. The van der Waals surface area contributed by atoms with Crippen molar-refractivity contribution in [2.24, 2.45) is 0 Å². The highest BCUT2D eigenvalue weighted by atomic mass is 16.5. The fourth-order valence-electron chi connectivity index (χ4n) is 1.90. The monoisotopic (exact) mass is 286 g/mol. The number of nitrogen functional groups attached to an aromatic ring is 1. The van der Waals surface area contributed by atoms with Gasteiger partial charge in [0.05, 0.1) is 12.2 Å². The molecule has 0 spiro atoms. The second-order valence-corrected chi connectivity index (χ2v) is 4.52.